The van der Waals surface area contributed by atoms with Crippen molar-refractivity contribution >= 4 is 129 Å². The summed E-state index contributed by atoms with van der Waals surface area (Å²) in [5.41, 5.74) is 7.78. The first-order valence-electron chi connectivity index (χ1n) is 14.3. The Hall–Kier alpha value is -1.35. The molecule has 9 rings (SSSR count). The van der Waals surface area contributed by atoms with E-state index in [4.69, 9.17) is 0 Å². The number of benzene rings is 3. The highest BCUT2D eigenvalue weighted by Gasteiger charge is 2.17. The lowest BCUT2D eigenvalue weighted by atomic mass is 10.2. The number of halogens is 6. The van der Waals surface area contributed by atoms with Gasteiger partial charge in [0, 0.05) is 52.6 Å². The molecule has 0 fully saturated rings. The van der Waals surface area contributed by atoms with Gasteiger partial charge in [0.1, 0.15) is 0 Å². The molecule has 0 aliphatic carbocycles. The van der Waals surface area contributed by atoms with Gasteiger partial charge in [-0.15, -0.1) is 13.2 Å². The average Bonchev–Trinajstić information content (AvgIpc) is 3.85. The summed E-state index contributed by atoms with van der Waals surface area (Å²) in [6, 6.07) is 38.5. The molecule has 3 aromatic carbocycles. The predicted octanol–water partition coefficient (Wildman–Crippen LogP) is 1.62. The number of thiazole rings is 3. The molecule has 0 saturated heterocycles. The van der Waals surface area contributed by atoms with Crippen LogP contribution in [0.1, 0.15) is 17.1 Å². The molecule has 48 heavy (non-hydrogen) atoms. The zero-order valence-electron chi connectivity index (χ0n) is 25.1. The molecule has 0 radical (unpaired) electrons. The fourth-order valence-electron chi connectivity index (χ4n) is 5.54. The molecule has 6 aromatic heterocycles. The van der Waals surface area contributed by atoms with E-state index in [1.807, 2.05) is 0 Å². The van der Waals surface area contributed by atoms with Gasteiger partial charge in [0.2, 0.25) is 33.6 Å². The van der Waals surface area contributed by atoms with Crippen LogP contribution >= 0.6 is 81.8 Å². The van der Waals surface area contributed by atoms with Crippen molar-refractivity contribution < 1.29 is 64.1 Å². The zero-order chi connectivity index (χ0) is 30.8. The van der Waals surface area contributed by atoms with Gasteiger partial charge in [0.15, 0.2) is 0 Å². The molecule has 0 unspecified atom stereocenters. The Labute approximate surface area is 347 Å². The fraction of sp³-hybridized carbons (Fsp3) is 0.0833. The van der Waals surface area contributed by atoms with E-state index in [2.05, 4.69) is 186 Å². The number of fused-ring (bicyclic) bond motifs is 9. The SMILES string of the molecule is BrCc1csc2ccc3ccccc3[n+]12.BrCc1csc2ccc3ccccc3[n+]12.BrCc1csc2ccc3ccccc3[n+]12.[Br-].[Br-].[Br-]. The number of para-hydroxylation sites is 3. The van der Waals surface area contributed by atoms with Crippen LogP contribution in [0.5, 0.6) is 0 Å². The van der Waals surface area contributed by atoms with Crippen molar-refractivity contribution in [2.24, 2.45) is 0 Å². The Bertz CT molecular complexity index is 2170. The molecule has 0 N–H and O–H groups in total. The molecule has 0 spiro atoms. The standard InChI is InChI=1S/3C12H9BrNS.3BrH/c3*13-7-10-8-15-12-6-5-9-3-1-2-4-11(9)14(10)12;;;/h3*1-6,8H,7H2;3*1H/q3*+1;;;/p-3. The van der Waals surface area contributed by atoms with Crippen LogP contribution < -0.4 is 64.1 Å². The van der Waals surface area contributed by atoms with Gasteiger partial charge in [-0.25, -0.2) is 0 Å². The Morgan fingerprint density at radius 2 is 0.646 bits per heavy atom. The normalized spacial score (nSPS) is 10.6. The summed E-state index contributed by atoms with van der Waals surface area (Å²) >= 11 is 15.9. The topological polar surface area (TPSA) is 12.3 Å². The van der Waals surface area contributed by atoms with Gasteiger partial charge >= 0.3 is 0 Å². The third-order valence-electron chi connectivity index (χ3n) is 7.63. The van der Waals surface area contributed by atoms with Crippen LogP contribution in [0.2, 0.25) is 0 Å². The summed E-state index contributed by atoms with van der Waals surface area (Å²) in [7, 11) is 0. The maximum atomic E-state index is 3.53. The van der Waals surface area contributed by atoms with E-state index >= 15 is 0 Å². The van der Waals surface area contributed by atoms with Gasteiger partial charge < -0.3 is 50.9 Å². The summed E-state index contributed by atoms with van der Waals surface area (Å²) in [6.45, 7) is 0. The minimum absolute atomic E-state index is 0. The number of pyridine rings is 3. The molecule has 0 aliphatic rings. The van der Waals surface area contributed by atoms with E-state index in [0.29, 0.717) is 0 Å². The minimum Gasteiger partial charge on any atom is -1.00 e. The van der Waals surface area contributed by atoms with Gasteiger partial charge in [0.25, 0.3) is 14.5 Å². The zero-order valence-corrected chi connectivity index (χ0v) is 37.0. The van der Waals surface area contributed by atoms with Gasteiger partial charge in [0.05, 0.1) is 32.1 Å². The summed E-state index contributed by atoms with van der Waals surface area (Å²) < 4.78 is 6.94. The first-order valence-corrected chi connectivity index (χ1v) is 20.3. The molecule has 9 aromatic rings. The lowest BCUT2D eigenvalue weighted by molar-refractivity contribution is -0.485. The Balaban J connectivity index is 0.000000158. The lowest BCUT2D eigenvalue weighted by Crippen LogP contribution is -3.00. The molecular formula is C36H27Br6N3S3. The Kier molecular flexibility index (Phi) is 15.0. The van der Waals surface area contributed by atoms with Crippen LogP contribution in [0.25, 0.3) is 47.2 Å². The van der Waals surface area contributed by atoms with Crippen molar-refractivity contribution in [2.75, 3.05) is 0 Å². The van der Waals surface area contributed by atoms with Crippen LogP contribution in [0, 0.1) is 0 Å². The van der Waals surface area contributed by atoms with Crippen molar-refractivity contribution in [3.63, 3.8) is 0 Å². The number of hydrogen-bond acceptors (Lipinski definition) is 3. The summed E-state index contributed by atoms with van der Waals surface area (Å²) in [4.78, 5) is 3.88. The van der Waals surface area contributed by atoms with Gasteiger partial charge in [-0.1, -0.05) is 118 Å². The van der Waals surface area contributed by atoms with E-state index in [1.165, 1.54) is 64.3 Å². The molecule has 0 saturated carbocycles. The quantitative estimate of drug-likeness (QED) is 0.189. The van der Waals surface area contributed by atoms with Crippen molar-refractivity contribution in [1.82, 2.24) is 0 Å². The van der Waals surface area contributed by atoms with E-state index in [1.54, 1.807) is 34.0 Å². The summed E-state index contributed by atoms with van der Waals surface area (Å²) in [6.07, 6.45) is 0. The number of alkyl halides is 3. The van der Waals surface area contributed by atoms with Gasteiger partial charge in [-0.3, -0.25) is 0 Å². The maximum absolute atomic E-state index is 3.53. The molecule has 0 aliphatic heterocycles. The molecular weight excluding hydrogens is 1050 g/mol. The van der Waals surface area contributed by atoms with Crippen molar-refractivity contribution in [1.29, 1.82) is 0 Å². The number of nitrogens with zero attached hydrogens (tertiary/aromatic N) is 3. The Morgan fingerprint density at radius 3 is 0.917 bits per heavy atom. The van der Waals surface area contributed by atoms with E-state index in [9.17, 15) is 0 Å². The second kappa shape index (κ2) is 18.2. The maximum Gasteiger partial charge on any atom is 0.267 e. The van der Waals surface area contributed by atoms with Gasteiger partial charge in [-0.05, 0) is 36.4 Å². The lowest BCUT2D eigenvalue weighted by Gasteiger charge is -1.93. The van der Waals surface area contributed by atoms with Crippen molar-refractivity contribution in [3.05, 3.63) is 142 Å². The number of rotatable bonds is 3. The highest BCUT2D eigenvalue weighted by molar-refractivity contribution is 9.09. The van der Waals surface area contributed by atoms with Crippen LogP contribution in [0.4, 0.5) is 0 Å². The van der Waals surface area contributed by atoms with Crippen molar-refractivity contribution in [2.45, 2.75) is 16.0 Å². The largest absolute Gasteiger partial charge is 1.00 e. The van der Waals surface area contributed by atoms with Crippen LogP contribution in [0.3, 0.4) is 0 Å². The monoisotopic (exact) mass is 1070 g/mol. The van der Waals surface area contributed by atoms with Crippen molar-refractivity contribution in [3.8, 4) is 0 Å². The first-order chi connectivity index (χ1) is 22.2. The smallest absolute Gasteiger partial charge is 0.267 e. The second-order valence-corrected chi connectivity index (χ2v) is 14.6. The first kappa shape index (κ1) is 39.4. The fourth-order valence-corrected chi connectivity index (χ4v) is 10.2. The van der Waals surface area contributed by atoms with E-state index in [-0.39, 0.29) is 50.9 Å². The molecule has 0 amide bonds. The average molecular weight is 1080 g/mol. The third kappa shape index (κ3) is 7.92. The minimum atomic E-state index is 0. The van der Waals surface area contributed by atoms with Crippen LogP contribution in [-0.2, 0) is 16.0 Å². The highest BCUT2D eigenvalue weighted by atomic mass is 79.9. The number of hydrogen-bond donors (Lipinski definition) is 0. The van der Waals surface area contributed by atoms with E-state index < -0.39 is 0 Å². The van der Waals surface area contributed by atoms with Crippen LogP contribution in [0.15, 0.2) is 125 Å². The summed E-state index contributed by atoms with van der Waals surface area (Å²) in [5.74, 6) is 0. The summed E-state index contributed by atoms with van der Waals surface area (Å²) in [5, 5.41) is 13.2. The molecule has 12 heteroatoms. The predicted molar refractivity (Wildman–Crippen MR) is 203 cm³/mol. The van der Waals surface area contributed by atoms with E-state index in [0.717, 1.165) is 16.0 Å². The Morgan fingerprint density at radius 1 is 0.375 bits per heavy atom. The third-order valence-corrected chi connectivity index (χ3v) is 12.2. The molecule has 3 nitrogen and oxygen atoms in total. The van der Waals surface area contributed by atoms with Crippen LogP contribution in [-0.4, -0.2) is 0 Å². The highest BCUT2D eigenvalue weighted by Crippen LogP contribution is 2.20. The second-order valence-electron chi connectivity index (χ2n) is 10.3. The molecule has 246 valence electrons. The van der Waals surface area contributed by atoms with Gasteiger partial charge in [-0.2, -0.15) is 0 Å². The molecule has 6 heterocycles. The molecule has 0 atom stereocenters. The molecule has 0 bridgehead atoms. The number of aromatic nitrogens is 3.